The van der Waals surface area contributed by atoms with Crippen LogP contribution in [0.2, 0.25) is 5.02 Å². The molecule has 164 valence electrons. The summed E-state index contributed by atoms with van der Waals surface area (Å²) in [6.45, 7) is 0.975. The Morgan fingerprint density at radius 1 is 1.10 bits per heavy atom. The number of fused-ring (bicyclic) bond motifs is 1. The number of phenols is 1. The average Bonchev–Trinajstić information content (AvgIpc) is 2.79. The lowest BCUT2D eigenvalue weighted by molar-refractivity contribution is 0.198. The highest BCUT2D eigenvalue weighted by Crippen LogP contribution is 2.39. The highest BCUT2D eigenvalue weighted by Gasteiger charge is 2.22. The Morgan fingerprint density at radius 2 is 1.87 bits per heavy atom. The molecule has 0 aliphatic heterocycles. The lowest BCUT2D eigenvalue weighted by Crippen LogP contribution is -2.33. The van der Waals surface area contributed by atoms with Crippen LogP contribution in [0.4, 0.5) is 5.69 Å². The summed E-state index contributed by atoms with van der Waals surface area (Å²) in [6, 6.07) is 12.5. The van der Waals surface area contributed by atoms with Gasteiger partial charge in [-0.05, 0) is 87.2 Å². The summed E-state index contributed by atoms with van der Waals surface area (Å²) < 4.78 is 5.26. The number of pyridine rings is 1. The molecule has 31 heavy (non-hydrogen) atoms. The quantitative estimate of drug-likeness (QED) is 0.508. The molecule has 1 aromatic heterocycles. The van der Waals surface area contributed by atoms with E-state index < -0.39 is 0 Å². The topological polar surface area (TPSA) is 57.6 Å². The molecule has 4 rings (SSSR count). The second-order valence-corrected chi connectivity index (χ2v) is 9.03. The van der Waals surface area contributed by atoms with Crippen molar-refractivity contribution in [2.75, 3.05) is 33.1 Å². The number of aromatic nitrogens is 1. The minimum absolute atomic E-state index is 0.0401. The first-order chi connectivity index (χ1) is 15.0. The van der Waals surface area contributed by atoms with Crippen molar-refractivity contribution in [1.29, 1.82) is 0 Å². The molecule has 0 bridgehead atoms. The van der Waals surface area contributed by atoms with Gasteiger partial charge in [0.15, 0.2) is 11.5 Å². The summed E-state index contributed by atoms with van der Waals surface area (Å²) in [7, 11) is 5.88. The third kappa shape index (κ3) is 4.73. The summed E-state index contributed by atoms with van der Waals surface area (Å²) in [5, 5.41) is 15.1. The summed E-state index contributed by atoms with van der Waals surface area (Å²) in [5.41, 5.74) is 3.92. The highest BCUT2D eigenvalue weighted by molar-refractivity contribution is 6.32. The smallest absolute Gasteiger partial charge is 0.176 e. The molecule has 0 saturated heterocycles. The molecule has 6 heteroatoms. The largest absolute Gasteiger partial charge is 0.503 e. The summed E-state index contributed by atoms with van der Waals surface area (Å²) >= 11 is 6.20. The van der Waals surface area contributed by atoms with Crippen molar-refractivity contribution >= 4 is 28.2 Å². The Labute approximate surface area is 189 Å². The van der Waals surface area contributed by atoms with Crippen LogP contribution >= 0.6 is 11.6 Å². The molecule has 1 saturated carbocycles. The van der Waals surface area contributed by atoms with E-state index in [1.165, 1.54) is 32.8 Å². The number of halogens is 1. The van der Waals surface area contributed by atoms with E-state index in [2.05, 4.69) is 35.4 Å². The molecule has 3 aromatic rings. The summed E-state index contributed by atoms with van der Waals surface area (Å²) in [4.78, 5) is 6.88. The van der Waals surface area contributed by atoms with Gasteiger partial charge in [-0.1, -0.05) is 17.7 Å². The molecule has 0 radical (unpaired) electrons. The summed E-state index contributed by atoms with van der Waals surface area (Å²) in [6.07, 6.45) is 6.91. The monoisotopic (exact) mass is 439 g/mol. The standard InChI is InChI=1S/C25H30ClN3O2/c1-29(2)19-7-4-16(5-8-19)15-28-23-10-11-27-22-9-6-17(12-20(22)23)18-13-21(26)25(30)24(14-18)31-3/h6,9-14,16,19,30H,4-5,7-8,15H2,1-3H3,(H,27,28). The van der Waals surface area contributed by atoms with Gasteiger partial charge in [0.2, 0.25) is 0 Å². The van der Waals surface area contributed by atoms with E-state index in [4.69, 9.17) is 16.3 Å². The predicted molar refractivity (Wildman–Crippen MR) is 128 cm³/mol. The Kier molecular flexibility index (Phi) is 6.54. The molecule has 1 aliphatic carbocycles. The normalized spacial score (nSPS) is 19.0. The van der Waals surface area contributed by atoms with E-state index in [1.54, 1.807) is 12.1 Å². The van der Waals surface area contributed by atoms with Crippen LogP contribution in [0.15, 0.2) is 42.6 Å². The Bertz CT molecular complexity index is 1060. The van der Waals surface area contributed by atoms with E-state index in [9.17, 15) is 5.11 Å². The Balaban J connectivity index is 1.56. The first-order valence-corrected chi connectivity index (χ1v) is 11.2. The van der Waals surface area contributed by atoms with Crippen molar-refractivity contribution in [1.82, 2.24) is 9.88 Å². The van der Waals surface area contributed by atoms with Crippen LogP contribution in [-0.2, 0) is 0 Å². The van der Waals surface area contributed by atoms with Gasteiger partial charge in [0, 0.05) is 29.9 Å². The van der Waals surface area contributed by atoms with Crippen molar-refractivity contribution in [3.8, 4) is 22.6 Å². The Hall–Kier alpha value is -2.50. The number of methoxy groups -OCH3 is 1. The maximum Gasteiger partial charge on any atom is 0.176 e. The maximum absolute atomic E-state index is 10.0. The van der Waals surface area contributed by atoms with Crippen molar-refractivity contribution in [2.24, 2.45) is 5.92 Å². The molecule has 2 aromatic carbocycles. The molecule has 5 nitrogen and oxygen atoms in total. The van der Waals surface area contributed by atoms with Gasteiger partial charge in [0.05, 0.1) is 17.6 Å². The third-order valence-corrected chi connectivity index (χ3v) is 6.74. The fraction of sp³-hybridized carbons (Fsp3) is 0.400. The zero-order valence-corrected chi connectivity index (χ0v) is 19.1. The third-order valence-electron chi connectivity index (χ3n) is 6.45. The van der Waals surface area contributed by atoms with Gasteiger partial charge in [-0.2, -0.15) is 0 Å². The molecular formula is C25H30ClN3O2. The second kappa shape index (κ2) is 9.33. The van der Waals surface area contributed by atoms with Crippen LogP contribution in [0, 0.1) is 5.92 Å². The number of nitrogens with one attached hydrogen (secondary N) is 1. The highest BCUT2D eigenvalue weighted by atomic mass is 35.5. The van der Waals surface area contributed by atoms with E-state index >= 15 is 0 Å². The first kappa shape index (κ1) is 21.7. The fourth-order valence-corrected chi connectivity index (χ4v) is 4.71. The van der Waals surface area contributed by atoms with Gasteiger partial charge in [-0.15, -0.1) is 0 Å². The molecule has 0 spiro atoms. The Morgan fingerprint density at radius 3 is 2.58 bits per heavy atom. The molecular weight excluding hydrogens is 410 g/mol. The van der Waals surface area contributed by atoms with E-state index in [1.807, 2.05) is 24.4 Å². The number of hydrogen-bond acceptors (Lipinski definition) is 5. The summed E-state index contributed by atoms with van der Waals surface area (Å²) in [5.74, 6) is 1.02. The van der Waals surface area contributed by atoms with Crippen LogP contribution in [-0.4, -0.2) is 48.8 Å². The van der Waals surface area contributed by atoms with Gasteiger partial charge in [-0.25, -0.2) is 0 Å². The SMILES string of the molecule is COc1cc(-c2ccc3nccc(NCC4CCC(N(C)C)CC4)c3c2)cc(Cl)c1O. The molecule has 1 aliphatic rings. The number of benzene rings is 2. The molecule has 2 N–H and O–H groups in total. The van der Waals surface area contributed by atoms with Gasteiger partial charge in [-0.3, -0.25) is 4.98 Å². The number of phenolic OH excluding ortho intramolecular Hbond substituents is 1. The molecule has 0 atom stereocenters. The lowest BCUT2D eigenvalue weighted by atomic mass is 9.85. The number of nitrogens with zero attached hydrogens (tertiary/aromatic N) is 2. The van der Waals surface area contributed by atoms with Crippen LogP contribution in [0.5, 0.6) is 11.5 Å². The zero-order chi connectivity index (χ0) is 22.0. The van der Waals surface area contributed by atoms with Crippen LogP contribution < -0.4 is 10.1 Å². The molecule has 1 fully saturated rings. The lowest BCUT2D eigenvalue weighted by Gasteiger charge is -2.32. The number of hydrogen-bond donors (Lipinski definition) is 2. The van der Waals surface area contributed by atoms with Crippen LogP contribution in [0.3, 0.4) is 0 Å². The number of anilines is 1. The molecule has 0 unspecified atom stereocenters. The zero-order valence-electron chi connectivity index (χ0n) is 18.4. The number of rotatable bonds is 6. The van der Waals surface area contributed by atoms with E-state index in [0.29, 0.717) is 11.7 Å². The van der Waals surface area contributed by atoms with Crippen LogP contribution in [0.1, 0.15) is 25.7 Å². The van der Waals surface area contributed by atoms with Crippen molar-refractivity contribution in [2.45, 2.75) is 31.7 Å². The second-order valence-electron chi connectivity index (χ2n) is 8.62. The van der Waals surface area contributed by atoms with Crippen LogP contribution in [0.25, 0.3) is 22.0 Å². The first-order valence-electron chi connectivity index (χ1n) is 10.8. The van der Waals surface area contributed by atoms with E-state index in [0.717, 1.165) is 40.3 Å². The number of aromatic hydroxyl groups is 1. The number of ether oxygens (including phenoxy) is 1. The fourth-order valence-electron chi connectivity index (χ4n) is 4.50. The molecule has 0 amide bonds. The van der Waals surface area contributed by atoms with Gasteiger partial charge >= 0.3 is 0 Å². The minimum atomic E-state index is -0.0401. The van der Waals surface area contributed by atoms with Crippen molar-refractivity contribution in [3.05, 3.63) is 47.6 Å². The van der Waals surface area contributed by atoms with E-state index in [-0.39, 0.29) is 10.8 Å². The minimum Gasteiger partial charge on any atom is -0.503 e. The van der Waals surface area contributed by atoms with Crippen molar-refractivity contribution < 1.29 is 9.84 Å². The van der Waals surface area contributed by atoms with Gasteiger partial charge < -0.3 is 20.1 Å². The molecule has 1 heterocycles. The van der Waals surface area contributed by atoms with Gasteiger partial charge in [0.25, 0.3) is 0 Å². The van der Waals surface area contributed by atoms with Gasteiger partial charge in [0.1, 0.15) is 0 Å². The maximum atomic E-state index is 10.0. The van der Waals surface area contributed by atoms with Crippen molar-refractivity contribution in [3.63, 3.8) is 0 Å². The predicted octanol–water partition coefficient (Wildman–Crippen LogP) is 5.80. The average molecular weight is 440 g/mol.